The van der Waals surface area contributed by atoms with Crippen LogP contribution in [0.25, 0.3) is 0 Å². The minimum Gasteiger partial charge on any atom is -0.492 e. The second kappa shape index (κ2) is 6.19. The first-order valence-electron chi connectivity index (χ1n) is 5.33. The van der Waals surface area contributed by atoms with Gasteiger partial charge in [-0.05, 0) is 63.2 Å². The highest BCUT2D eigenvalue weighted by molar-refractivity contribution is 14.1. The zero-order valence-corrected chi connectivity index (χ0v) is 12.4. The maximum absolute atomic E-state index is 10.9. The van der Waals surface area contributed by atoms with Crippen molar-refractivity contribution in [2.75, 3.05) is 6.61 Å². The van der Waals surface area contributed by atoms with Gasteiger partial charge >= 0.3 is 5.97 Å². The summed E-state index contributed by atoms with van der Waals surface area (Å²) in [5.41, 5.74) is 1.49. The molecule has 0 fully saturated rings. The summed E-state index contributed by atoms with van der Waals surface area (Å²) in [6.45, 7) is 0.551. The fourth-order valence-electron chi connectivity index (χ4n) is 1.46. The third-order valence-corrected chi connectivity index (χ3v) is 4.03. The number of carboxylic acids is 1. The largest absolute Gasteiger partial charge is 0.492 e. The van der Waals surface area contributed by atoms with Gasteiger partial charge in [0.2, 0.25) is 0 Å². The summed E-state index contributed by atoms with van der Waals surface area (Å²) in [7, 11) is 0. The van der Waals surface area contributed by atoms with E-state index >= 15 is 0 Å². The number of halogens is 1. The Morgan fingerprint density at radius 2 is 2.22 bits per heavy atom. The molecule has 1 N–H and O–H groups in total. The van der Waals surface area contributed by atoms with Crippen LogP contribution >= 0.6 is 33.9 Å². The van der Waals surface area contributed by atoms with Crippen LogP contribution in [0.3, 0.4) is 0 Å². The van der Waals surface area contributed by atoms with Crippen LogP contribution in [0.2, 0.25) is 0 Å². The van der Waals surface area contributed by atoms with Gasteiger partial charge in [-0.3, -0.25) is 0 Å². The average Bonchev–Trinajstić information content (AvgIpc) is 2.84. The molecule has 0 aliphatic carbocycles. The Kier molecular flexibility index (Phi) is 4.60. The Labute approximate surface area is 123 Å². The lowest BCUT2D eigenvalue weighted by atomic mass is 10.2. The molecule has 1 aromatic heterocycles. The van der Waals surface area contributed by atoms with Crippen molar-refractivity contribution >= 4 is 39.9 Å². The molecule has 0 unspecified atom stereocenters. The maximum atomic E-state index is 10.9. The van der Waals surface area contributed by atoms with Gasteiger partial charge in [-0.2, -0.15) is 11.3 Å². The number of carboxylic acid groups (broad SMARTS) is 1. The third-order valence-electron chi connectivity index (χ3n) is 2.41. The van der Waals surface area contributed by atoms with Gasteiger partial charge in [-0.1, -0.05) is 0 Å². The van der Waals surface area contributed by atoms with E-state index in [4.69, 9.17) is 9.84 Å². The van der Waals surface area contributed by atoms with Crippen LogP contribution in [0.5, 0.6) is 5.75 Å². The lowest BCUT2D eigenvalue weighted by molar-refractivity contribution is 0.0696. The molecule has 2 aromatic rings. The summed E-state index contributed by atoms with van der Waals surface area (Å²) in [4.78, 5) is 10.9. The number of carbonyl (C=O) groups is 1. The molecule has 18 heavy (non-hydrogen) atoms. The van der Waals surface area contributed by atoms with Crippen LogP contribution in [0, 0.1) is 3.57 Å². The zero-order chi connectivity index (χ0) is 13.0. The molecule has 94 valence electrons. The number of aromatic carboxylic acids is 1. The van der Waals surface area contributed by atoms with Crippen LogP contribution in [-0.4, -0.2) is 17.7 Å². The van der Waals surface area contributed by atoms with Gasteiger partial charge in [0, 0.05) is 6.42 Å². The minimum atomic E-state index is -0.936. The molecule has 5 heteroatoms. The lowest BCUT2D eigenvalue weighted by Crippen LogP contribution is -2.04. The highest BCUT2D eigenvalue weighted by atomic mass is 127. The molecular weight excluding hydrogens is 363 g/mol. The number of rotatable bonds is 5. The standard InChI is InChI=1S/C13H11IO3S/c14-11-2-1-10(13(15)16)7-12(11)17-5-3-9-4-6-18-8-9/h1-2,4,6-8H,3,5H2,(H,15,16). The molecule has 0 aliphatic heterocycles. The van der Waals surface area contributed by atoms with E-state index in [2.05, 4.69) is 34.0 Å². The van der Waals surface area contributed by atoms with Crippen LogP contribution in [0.15, 0.2) is 35.0 Å². The van der Waals surface area contributed by atoms with Gasteiger partial charge in [0.25, 0.3) is 0 Å². The second-order valence-electron chi connectivity index (χ2n) is 3.68. The Bertz CT molecular complexity index is 537. The van der Waals surface area contributed by atoms with E-state index in [0.717, 1.165) is 9.99 Å². The molecule has 3 nitrogen and oxygen atoms in total. The predicted octanol–water partition coefficient (Wildman–Crippen LogP) is 3.67. The molecule has 0 spiro atoms. The monoisotopic (exact) mass is 374 g/mol. The molecule has 1 heterocycles. The predicted molar refractivity (Wildman–Crippen MR) is 79.6 cm³/mol. The summed E-state index contributed by atoms with van der Waals surface area (Å²) in [6.07, 6.45) is 0.830. The van der Waals surface area contributed by atoms with Crippen LogP contribution in [0.4, 0.5) is 0 Å². The van der Waals surface area contributed by atoms with Crippen molar-refractivity contribution in [3.05, 3.63) is 49.7 Å². The van der Waals surface area contributed by atoms with E-state index in [-0.39, 0.29) is 5.56 Å². The van der Waals surface area contributed by atoms with E-state index < -0.39 is 5.97 Å². The summed E-state index contributed by atoms with van der Waals surface area (Å²) >= 11 is 3.80. The third kappa shape index (κ3) is 3.46. The highest BCUT2D eigenvalue weighted by Gasteiger charge is 2.07. The molecule has 2 rings (SSSR count). The van der Waals surface area contributed by atoms with Crippen LogP contribution in [-0.2, 0) is 6.42 Å². The average molecular weight is 374 g/mol. The minimum absolute atomic E-state index is 0.251. The fraction of sp³-hybridized carbons (Fsp3) is 0.154. The molecule has 0 amide bonds. The van der Waals surface area contributed by atoms with Gasteiger partial charge in [-0.15, -0.1) is 0 Å². The van der Waals surface area contributed by atoms with Gasteiger partial charge in [-0.25, -0.2) is 4.79 Å². The first kappa shape index (κ1) is 13.4. The van der Waals surface area contributed by atoms with Crippen molar-refractivity contribution in [1.82, 2.24) is 0 Å². The van der Waals surface area contributed by atoms with E-state index in [0.29, 0.717) is 12.4 Å². The summed E-state index contributed by atoms with van der Waals surface area (Å²) in [5, 5.41) is 13.0. The highest BCUT2D eigenvalue weighted by Crippen LogP contribution is 2.22. The first-order valence-corrected chi connectivity index (χ1v) is 7.35. The van der Waals surface area contributed by atoms with Gasteiger partial charge in [0.1, 0.15) is 5.75 Å². The molecular formula is C13H11IO3S. The molecule has 0 saturated heterocycles. The van der Waals surface area contributed by atoms with Gasteiger partial charge in [0.05, 0.1) is 15.7 Å². The summed E-state index contributed by atoms with van der Waals surface area (Å²) in [5.74, 6) is -0.306. The van der Waals surface area contributed by atoms with Crippen molar-refractivity contribution in [3.63, 3.8) is 0 Å². The molecule has 0 bridgehead atoms. The SMILES string of the molecule is O=C(O)c1ccc(I)c(OCCc2ccsc2)c1. The Morgan fingerprint density at radius 3 is 2.89 bits per heavy atom. The van der Waals surface area contributed by atoms with E-state index in [1.165, 1.54) is 5.56 Å². The number of hydrogen-bond donors (Lipinski definition) is 1. The molecule has 0 saturated carbocycles. The Hall–Kier alpha value is -1.08. The zero-order valence-electron chi connectivity index (χ0n) is 9.43. The van der Waals surface area contributed by atoms with Crippen molar-refractivity contribution in [3.8, 4) is 5.75 Å². The van der Waals surface area contributed by atoms with Crippen LogP contribution in [0.1, 0.15) is 15.9 Å². The fourth-order valence-corrected chi connectivity index (χ4v) is 2.66. The van der Waals surface area contributed by atoms with Crippen molar-refractivity contribution in [2.24, 2.45) is 0 Å². The number of hydrogen-bond acceptors (Lipinski definition) is 3. The summed E-state index contributed by atoms with van der Waals surface area (Å²) < 4.78 is 6.55. The Morgan fingerprint density at radius 1 is 1.39 bits per heavy atom. The van der Waals surface area contributed by atoms with Crippen molar-refractivity contribution in [1.29, 1.82) is 0 Å². The first-order chi connectivity index (χ1) is 8.66. The van der Waals surface area contributed by atoms with E-state index in [1.807, 2.05) is 5.38 Å². The topological polar surface area (TPSA) is 46.5 Å². The summed E-state index contributed by atoms with van der Waals surface area (Å²) in [6, 6.07) is 6.96. The van der Waals surface area contributed by atoms with Gasteiger partial charge in [0.15, 0.2) is 0 Å². The van der Waals surface area contributed by atoms with Crippen molar-refractivity contribution in [2.45, 2.75) is 6.42 Å². The smallest absolute Gasteiger partial charge is 0.335 e. The molecule has 0 atom stereocenters. The number of thiophene rings is 1. The van der Waals surface area contributed by atoms with E-state index in [9.17, 15) is 4.79 Å². The quantitative estimate of drug-likeness (QED) is 0.813. The number of ether oxygens (including phenoxy) is 1. The van der Waals surface area contributed by atoms with Gasteiger partial charge < -0.3 is 9.84 Å². The normalized spacial score (nSPS) is 10.3. The molecule has 0 aliphatic rings. The lowest BCUT2D eigenvalue weighted by Gasteiger charge is -2.08. The molecule has 1 aromatic carbocycles. The van der Waals surface area contributed by atoms with Crippen molar-refractivity contribution < 1.29 is 14.6 Å². The second-order valence-corrected chi connectivity index (χ2v) is 5.62. The maximum Gasteiger partial charge on any atom is 0.335 e. The Balaban J connectivity index is 2.00. The number of benzene rings is 1. The van der Waals surface area contributed by atoms with E-state index in [1.54, 1.807) is 29.5 Å². The van der Waals surface area contributed by atoms with Crippen LogP contribution < -0.4 is 4.74 Å². The molecule has 0 radical (unpaired) electrons.